The molecule has 0 fully saturated rings. The van der Waals surface area contributed by atoms with Gasteiger partial charge in [-0.1, -0.05) is 35.9 Å². The van der Waals surface area contributed by atoms with Crippen LogP contribution in [0.4, 0.5) is 5.69 Å². The van der Waals surface area contributed by atoms with Crippen LogP contribution in [0.2, 0.25) is 5.02 Å². The summed E-state index contributed by atoms with van der Waals surface area (Å²) in [5.41, 5.74) is 2.58. The van der Waals surface area contributed by atoms with Crippen molar-refractivity contribution in [1.82, 2.24) is 4.67 Å². The third-order valence-corrected chi connectivity index (χ3v) is 6.32. The summed E-state index contributed by atoms with van der Waals surface area (Å²) < 4.78 is 3.67. The molecule has 21 heavy (non-hydrogen) atoms. The van der Waals surface area contributed by atoms with Gasteiger partial charge in [0.2, 0.25) is 0 Å². The van der Waals surface area contributed by atoms with Crippen LogP contribution < -0.4 is 4.67 Å². The Labute approximate surface area is 134 Å². The summed E-state index contributed by atoms with van der Waals surface area (Å²) in [5, 5.41) is 0.680. The Balaban J connectivity index is 1.93. The number of hydrogen-bond donors (Lipinski definition) is 0. The number of rotatable bonds is 2. The van der Waals surface area contributed by atoms with Crippen molar-refractivity contribution in [2.24, 2.45) is 0 Å². The van der Waals surface area contributed by atoms with E-state index in [0.717, 1.165) is 11.3 Å². The van der Waals surface area contributed by atoms with E-state index in [9.17, 15) is 4.79 Å². The van der Waals surface area contributed by atoms with E-state index >= 15 is 0 Å². The second-order valence-corrected chi connectivity index (χ2v) is 7.68. The molecule has 1 aliphatic rings. The van der Waals surface area contributed by atoms with Gasteiger partial charge in [-0.2, -0.15) is 0 Å². The van der Waals surface area contributed by atoms with E-state index in [-0.39, 0.29) is 5.91 Å². The summed E-state index contributed by atoms with van der Waals surface area (Å²) in [6, 6.07) is 15.0. The minimum atomic E-state index is -1.22. The standard InChI is InChI=1S/C15H13Cl2N2OP/c1-18-14-5-3-2-4-13(14)15(20)19(21(18)17)10-11-6-8-12(16)9-7-11/h2-9H,10H2,1H3. The van der Waals surface area contributed by atoms with Crippen molar-refractivity contribution in [1.29, 1.82) is 0 Å². The fraction of sp³-hybridized carbons (Fsp3) is 0.133. The summed E-state index contributed by atoms with van der Waals surface area (Å²) >= 11 is 12.4. The predicted octanol–water partition coefficient (Wildman–Crippen LogP) is 4.90. The second kappa shape index (κ2) is 5.84. The van der Waals surface area contributed by atoms with Gasteiger partial charge in [0.25, 0.3) is 5.91 Å². The van der Waals surface area contributed by atoms with Crippen LogP contribution >= 0.6 is 30.4 Å². The van der Waals surface area contributed by atoms with Crippen molar-refractivity contribution in [3.63, 3.8) is 0 Å². The Hall–Kier alpha value is -1.28. The number of anilines is 1. The van der Waals surface area contributed by atoms with E-state index in [1.807, 2.05) is 60.2 Å². The molecule has 0 saturated carbocycles. The molecule has 0 bridgehead atoms. The van der Waals surface area contributed by atoms with E-state index in [2.05, 4.69) is 0 Å². The maximum absolute atomic E-state index is 12.6. The van der Waals surface area contributed by atoms with Crippen molar-refractivity contribution in [3.05, 3.63) is 64.7 Å². The number of carbonyl (C=O) groups is 1. The highest BCUT2D eigenvalue weighted by molar-refractivity contribution is 7.83. The Morgan fingerprint density at radius 2 is 1.76 bits per heavy atom. The SMILES string of the molecule is CN1c2ccccc2C(=O)N(Cc2ccc(Cl)cc2)P1Cl. The monoisotopic (exact) mass is 338 g/mol. The molecule has 2 aromatic carbocycles. The average Bonchev–Trinajstić information content (AvgIpc) is 2.51. The first-order chi connectivity index (χ1) is 10.1. The van der Waals surface area contributed by atoms with Crippen molar-refractivity contribution in [2.75, 3.05) is 11.7 Å². The summed E-state index contributed by atoms with van der Waals surface area (Å²) in [5.74, 6) is -0.0280. The third-order valence-electron chi connectivity index (χ3n) is 3.41. The highest BCUT2D eigenvalue weighted by atomic mass is 35.7. The first-order valence-corrected chi connectivity index (χ1v) is 8.96. The van der Waals surface area contributed by atoms with Crippen molar-refractivity contribution >= 4 is 42.0 Å². The predicted molar refractivity (Wildman–Crippen MR) is 88.9 cm³/mol. The molecule has 1 atom stereocenters. The highest BCUT2D eigenvalue weighted by Crippen LogP contribution is 2.55. The van der Waals surface area contributed by atoms with E-state index < -0.39 is 7.58 Å². The zero-order valence-corrected chi connectivity index (χ0v) is 13.7. The number of para-hydroxylation sites is 1. The maximum Gasteiger partial charge on any atom is 0.261 e. The number of nitrogens with zero attached hydrogens (tertiary/aromatic N) is 2. The van der Waals surface area contributed by atoms with Gasteiger partial charge in [0.1, 0.15) is 0 Å². The maximum atomic E-state index is 12.6. The third kappa shape index (κ3) is 2.74. The van der Waals surface area contributed by atoms with E-state index in [1.165, 1.54) is 0 Å². The lowest BCUT2D eigenvalue weighted by Gasteiger charge is -2.39. The topological polar surface area (TPSA) is 23.6 Å². The fourth-order valence-electron chi connectivity index (χ4n) is 2.29. The summed E-state index contributed by atoms with van der Waals surface area (Å²) in [7, 11) is 0.698. The molecule has 1 aliphatic heterocycles. The molecule has 3 nitrogen and oxygen atoms in total. The molecule has 3 rings (SSSR count). The number of hydrogen-bond acceptors (Lipinski definition) is 2. The molecule has 1 heterocycles. The molecule has 0 radical (unpaired) electrons. The lowest BCUT2D eigenvalue weighted by molar-refractivity contribution is 0.0858. The Bertz CT molecular complexity index is 678. The van der Waals surface area contributed by atoms with Crippen LogP contribution in [0, 0.1) is 0 Å². The minimum absolute atomic E-state index is 0.0280. The molecule has 0 saturated heterocycles. The van der Waals surface area contributed by atoms with Gasteiger partial charge in [0.05, 0.1) is 17.8 Å². The summed E-state index contributed by atoms with van der Waals surface area (Å²) in [6.07, 6.45) is 0. The van der Waals surface area contributed by atoms with Gasteiger partial charge >= 0.3 is 0 Å². The van der Waals surface area contributed by atoms with Crippen molar-refractivity contribution in [3.8, 4) is 0 Å². The average molecular weight is 339 g/mol. The molecule has 0 aliphatic carbocycles. The second-order valence-electron chi connectivity index (χ2n) is 4.77. The molecule has 0 N–H and O–H groups in total. The number of benzene rings is 2. The Morgan fingerprint density at radius 3 is 2.48 bits per heavy atom. The van der Waals surface area contributed by atoms with Gasteiger partial charge < -0.3 is 4.67 Å². The van der Waals surface area contributed by atoms with E-state index in [0.29, 0.717) is 17.1 Å². The zero-order valence-electron chi connectivity index (χ0n) is 11.3. The quantitative estimate of drug-likeness (QED) is 0.727. The number of halogens is 2. The molecular weight excluding hydrogens is 326 g/mol. The van der Waals surface area contributed by atoms with Crippen LogP contribution in [-0.4, -0.2) is 17.6 Å². The Morgan fingerprint density at radius 1 is 1.10 bits per heavy atom. The van der Waals surface area contributed by atoms with Gasteiger partial charge in [-0.25, -0.2) is 0 Å². The molecule has 2 aromatic rings. The molecule has 1 unspecified atom stereocenters. The zero-order chi connectivity index (χ0) is 15.0. The van der Waals surface area contributed by atoms with Crippen LogP contribution in [-0.2, 0) is 6.54 Å². The lowest BCUT2D eigenvalue weighted by Crippen LogP contribution is -2.35. The number of fused-ring (bicyclic) bond motifs is 1. The van der Waals surface area contributed by atoms with Gasteiger partial charge in [0, 0.05) is 12.1 Å². The van der Waals surface area contributed by atoms with E-state index in [4.69, 9.17) is 22.8 Å². The fourth-order valence-corrected chi connectivity index (χ4v) is 4.24. The number of amides is 1. The van der Waals surface area contributed by atoms with Crippen LogP contribution in [0.3, 0.4) is 0 Å². The van der Waals surface area contributed by atoms with Crippen LogP contribution in [0.5, 0.6) is 0 Å². The molecule has 0 spiro atoms. The van der Waals surface area contributed by atoms with Gasteiger partial charge in [-0.3, -0.25) is 9.46 Å². The summed E-state index contributed by atoms with van der Waals surface area (Å²) in [6.45, 7) is 0.476. The first-order valence-electron chi connectivity index (χ1n) is 6.43. The van der Waals surface area contributed by atoms with E-state index in [1.54, 1.807) is 4.67 Å². The number of carbonyl (C=O) groups excluding carboxylic acids is 1. The van der Waals surface area contributed by atoms with Crippen molar-refractivity contribution in [2.45, 2.75) is 6.54 Å². The summed E-state index contributed by atoms with van der Waals surface area (Å²) in [4.78, 5) is 12.6. The normalized spacial score (nSPS) is 17.9. The molecule has 1 amide bonds. The Kier molecular flexibility index (Phi) is 4.08. The molecule has 6 heteroatoms. The van der Waals surface area contributed by atoms with Crippen LogP contribution in [0.25, 0.3) is 0 Å². The molecule has 108 valence electrons. The minimum Gasteiger partial charge on any atom is -0.324 e. The smallest absolute Gasteiger partial charge is 0.261 e. The first kappa shape index (κ1) is 14.6. The van der Waals surface area contributed by atoms with Gasteiger partial charge in [-0.05, 0) is 41.1 Å². The van der Waals surface area contributed by atoms with Crippen LogP contribution in [0.1, 0.15) is 15.9 Å². The van der Waals surface area contributed by atoms with Crippen molar-refractivity contribution < 1.29 is 4.79 Å². The molecular formula is C15H13Cl2N2OP. The molecule has 0 aromatic heterocycles. The van der Waals surface area contributed by atoms with Gasteiger partial charge in [0.15, 0.2) is 7.58 Å². The van der Waals surface area contributed by atoms with Crippen LogP contribution in [0.15, 0.2) is 48.5 Å². The lowest BCUT2D eigenvalue weighted by atomic mass is 10.1. The van der Waals surface area contributed by atoms with Gasteiger partial charge in [-0.15, -0.1) is 0 Å². The largest absolute Gasteiger partial charge is 0.324 e. The highest BCUT2D eigenvalue weighted by Gasteiger charge is 2.35.